The highest BCUT2D eigenvalue weighted by Crippen LogP contribution is 2.30. The molecule has 2 fully saturated rings. The number of nitrogens with one attached hydrogen (secondary N) is 2. The van der Waals surface area contributed by atoms with Gasteiger partial charge in [0, 0.05) is 30.9 Å². The van der Waals surface area contributed by atoms with Gasteiger partial charge >= 0.3 is 0 Å². The maximum absolute atomic E-state index is 6.01. The summed E-state index contributed by atoms with van der Waals surface area (Å²) in [6, 6.07) is 6.41. The molecule has 2 saturated heterocycles. The summed E-state index contributed by atoms with van der Waals surface area (Å²) in [6.07, 6.45) is 2.71. The van der Waals surface area contributed by atoms with Crippen LogP contribution in [0.5, 0.6) is 11.5 Å². The summed E-state index contributed by atoms with van der Waals surface area (Å²) in [5.74, 6) is 2.19. The van der Waals surface area contributed by atoms with Crippen LogP contribution in [0.3, 0.4) is 0 Å². The number of rotatable bonds is 7. The molecule has 2 N–H and O–H groups in total. The van der Waals surface area contributed by atoms with Gasteiger partial charge < -0.3 is 24.8 Å². The molecule has 2 heterocycles. The van der Waals surface area contributed by atoms with E-state index in [0.717, 1.165) is 42.8 Å². The summed E-state index contributed by atoms with van der Waals surface area (Å²) >= 11 is 0. The maximum atomic E-state index is 6.01. The van der Waals surface area contributed by atoms with E-state index in [1.807, 2.05) is 25.1 Å². The topological polar surface area (TPSA) is 67.4 Å². The molecular formula is C20H33IN4O3. The summed E-state index contributed by atoms with van der Waals surface area (Å²) < 4.78 is 17.0. The van der Waals surface area contributed by atoms with Gasteiger partial charge in [0.05, 0.1) is 33.0 Å². The van der Waals surface area contributed by atoms with Gasteiger partial charge in [-0.3, -0.25) is 9.89 Å². The third kappa shape index (κ3) is 6.12. The fourth-order valence-electron chi connectivity index (χ4n) is 3.66. The number of ether oxygens (including phenoxy) is 3. The third-order valence-corrected chi connectivity index (χ3v) is 4.98. The van der Waals surface area contributed by atoms with Crippen LogP contribution in [-0.2, 0) is 4.74 Å². The van der Waals surface area contributed by atoms with Crippen molar-refractivity contribution >= 4 is 35.6 Å². The van der Waals surface area contributed by atoms with Crippen molar-refractivity contribution < 1.29 is 14.2 Å². The number of hydrogen-bond acceptors (Lipinski definition) is 5. The van der Waals surface area contributed by atoms with E-state index in [-0.39, 0.29) is 30.1 Å². The van der Waals surface area contributed by atoms with Gasteiger partial charge in [-0.1, -0.05) is 0 Å². The number of anilines is 1. The van der Waals surface area contributed by atoms with E-state index in [9.17, 15) is 0 Å². The first-order chi connectivity index (χ1) is 13.2. The van der Waals surface area contributed by atoms with Crippen molar-refractivity contribution in [1.29, 1.82) is 0 Å². The van der Waals surface area contributed by atoms with Crippen LogP contribution in [0.2, 0.25) is 0 Å². The van der Waals surface area contributed by atoms with Crippen molar-refractivity contribution in [3.63, 3.8) is 0 Å². The van der Waals surface area contributed by atoms with Gasteiger partial charge in [-0.2, -0.15) is 0 Å². The summed E-state index contributed by atoms with van der Waals surface area (Å²) in [6.45, 7) is 9.05. The zero-order valence-corrected chi connectivity index (χ0v) is 19.4. The lowest BCUT2D eigenvalue weighted by Crippen LogP contribution is -2.47. The van der Waals surface area contributed by atoms with Crippen molar-refractivity contribution in [3.05, 3.63) is 18.2 Å². The molecule has 158 valence electrons. The summed E-state index contributed by atoms with van der Waals surface area (Å²) in [4.78, 5) is 7.28. The van der Waals surface area contributed by atoms with Crippen LogP contribution in [0.1, 0.15) is 26.7 Å². The average molecular weight is 504 g/mol. The van der Waals surface area contributed by atoms with Gasteiger partial charge in [0.1, 0.15) is 0 Å². The number of methoxy groups -OCH3 is 1. The van der Waals surface area contributed by atoms with E-state index >= 15 is 0 Å². The van der Waals surface area contributed by atoms with Gasteiger partial charge in [-0.05, 0) is 45.4 Å². The Kier molecular flexibility index (Phi) is 9.60. The fraction of sp³-hybridized carbons (Fsp3) is 0.650. The molecule has 0 bridgehead atoms. The van der Waals surface area contributed by atoms with E-state index in [1.54, 1.807) is 7.11 Å². The summed E-state index contributed by atoms with van der Waals surface area (Å²) in [5.41, 5.74) is 0.906. The molecule has 0 aromatic heterocycles. The Labute approximate surface area is 185 Å². The summed E-state index contributed by atoms with van der Waals surface area (Å²) in [7, 11) is 1.64. The molecule has 3 rings (SSSR count). The normalized spacial score (nSPS) is 22.2. The van der Waals surface area contributed by atoms with Crippen molar-refractivity contribution in [2.24, 2.45) is 4.99 Å². The Morgan fingerprint density at radius 3 is 2.93 bits per heavy atom. The van der Waals surface area contributed by atoms with Crippen molar-refractivity contribution in [3.8, 4) is 11.5 Å². The SMILES string of the molecule is CCNC(=NCC1CN2CCCC2CO1)Nc1ccc(OC)c(OCC)c1.I. The fourth-order valence-corrected chi connectivity index (χ4v) is 3.66. The van der Waals surface area contributed by atoms with E-state index in [1.165, 1.54) is 19.4 Å². The molecule has 7 nitrogen and oxygen atoms in total. The molecule has 2 atom stereocenters. The molecule has 2 unspecified atom stereocenters. The first kappa shape index (κ1) is 23.0. The van der Waals surface area contributed by atoms with Crippen molar-refractivity contribution in [2.75, 3.05) is 51.8 Å². The van der Waals surface area contributed by atoms with Crippen LogP contribution in [0.25, 0.3) is 0 Å². The predicted octanol–water partition coefficient (Wildman–Crippen LogP) is 2.95. The highest BCUT2D eigenvalue weighted by Gasteiger charge is 2.31. The molecule has 2 aliphatic heterocycles. The van der Waals surface area contributed by atoms with Gasteiger partial charge in [-0.15, -0.1) is 24.0 Å². The lowest BCUT2D eigenvalue weighted by molar-refractivity contribution is -0.0431. The van der Waals surface area contributed by atoms with E-state index < -0.39 is 0 Å². The molecule has 0 spiro atoms. The number of guanidine groups is 1. The van der Waals surface area contributed by atoms with Gasteiger partial charge in [0.15, 0.2) is 17.5 Å². The Hall–Kier alpha value is -1.26. The van der Waals surface area contributed by atoms with Crippen LogP contribution in [0.4, 0.5) is 5.69 Å². The molecular weight excluding hydrogens is 471 g/mol. The number of benzene rings is 1. The second-order valence-electron chi connectivity index (χ2n) is 6.89. The highest BCUT2D eigenvalue weighted by molar-refractivity contribution is 14.0. The molecule has 1 aromatic carbocycles. The van der Waals surface area contributed by atoms with Crippen LogP contribution in [0, 0.1) is 0 Å². The number of hydrogen-bond donors (Lipinski definition) is 2. The second-order valence-corrected chi connectivity index (χ2v) is 6.89. The molecule has 0 amide bonds. The highest BCUT2D eigenvalue weighted by atomic mass is 127. The predicted molar refractivity (Wildman–Crippen MR) is 124 cm³/mol. The van der Waals surface area contributed by atoms with Crippen LogP contribution in [0.15, 0.2) is 23.2 Å². The summed E-state index contributed by atoms with van der Waals surface area (Å²) in [5, 5.41) is 6.64. The van der Waals surface area contributed by atoms with E-state index in [2.05, 4.69) is 22.5 Å². The van der Waals surface area contributed by atoms with E-state index in [0.29, 0.717) is 19.2 Å². The first-order valence-corrected chi connectivity index (χ1v) is 9.95. The number of aliphatic imine (C=N–C) groups is 1. The Balaban J connectivity index is 0.00000280. The number of nitrogens with zero attached hydrogens (tertiary/aromatic N) is 2. The number of morpholine rings is 1. The second kappa shape index (κ2) is 11.7. The third-order valence-electron chi connectivity index (χ3n) is 4.98. The monoisotopic (exact) mass is 504 g/mol. The average Bonchev–Trinajstić information content (AvgIpc) is 3.15. The van der Waals surface area contributed by atoms with Crippen molar-refractivity contribution in [1.82, 2.24) is 10.2 Å². The number of halogens is 1. The lowest BCUT2D eigenvalue weighted by Gasteiger charge is -2.34. The van der Waals surface area contributed by atoms with Crippen LogP contribution < -0.4 is 20.1 Å². The Bertz CT molecular complexity index is 644. The lowest BCUT2D eigenvalue weighted by atomic mass is 10.2. The molecule has 8 heteroatoms. The van der Waals surface area contributed by atoms with Gasteiger partial charge in [0.25, 0.3) is 0 Å². The molecule has 0 radical (unpaired) electrons. The largest absolute Gasteiger partial charge is 0.493 e. The molecule has 1 aromatic rings. The first-order valence-electron chi connectivity index (χ1n) is 9.95. The minimum absolute atomic E-state index is 0. The van der Waals surface area contributed by atoms with Gasteiger partial charge in [-0.25, -0.2) is 0 Å². The van der Waals surface area contributed by atoms with Crippen LogP contribution >= 0.6 is 24.0 Å². The van der Waals surface area contributed by atoms with E-state index in [4.69, 9.17) is 19.2 Å². The quantitative estimate of drug-likeness (QED) is 0.338. The van der Waals surface area contributed by atoms with Gasteiger partial charge in [0.2, 0.25) is 0 Å². The zero-order chi connectivity index (χ0) is 19.1. The minimum atomic E-state index is 0. The molecule has 28 heavy (non-hydrogen) atoms. The Morgan fingerprint density at radius 2 is 2.18 bits per heavy atom. The minimum Gasteiger partial charge on any atom is -0.493 e. The maximum Gasteiger partial charge on any atom is 0.195 e. The smallest absolute Gasteiger partial charge is 0.195 e. The Morgan fingerprint density at radius 1 is 1.32 bits per heavy atom. The zero-order valence-electron chi connectivity index (χ0n) is 17.1. The van der Waals surface area contributed by atoms with Crippen LogP contribution in [-0.4, -0.2) is 69.5 Å². The molecule has 0 saturated carbocycles. The van der Waals surface area contributed by atoms with Crippen molar-refractivity contribution in [2.45, 2.75) is 38.8 Å². The molecule has 2 aliphatic rings. The standard InChI is InChI=1S/C20H32N4O3.HI/c1-4-21-20(22-12-17-13-24-10-6-7-16(24)14-27-17)23-15-8-9-18(25-3)19(11-15)26-5-2;/h8-9,11,16-17H,4-7,10,12-14H2,1-3H3,(H2,21,22,23);1H. The molecule has 0 aliphatic carbocycles. The number of fused-ring (bicyclic) bond motifs is 1.